The van der Waals surface area contributed by atoms with Crippen molar-refractivity contribution in [1.29, 1.82) is 0 Å². The van der Waals surface area contributed by atoms with Crippen LogP contribution in [0.25, 0.3) is 10.2 Å². The number of carbonyl (C=O) groups excluding carboxylic acids is 1. The first-order chi connectivity index (χ1) is 12.8. The molecular weight excluding hydrogens is 402 g/mol. The van der Waals surface area contributed by atoms with E-state index in [9.17, 15) is 4.79 Å². The first kappa shape index (κ1) is 19.9. The number of aryl methyl sites for hydroxylation is 3. The number of nitrogens with one attached hydrogen (secondary N) is 1. The molecule has 1 aromatic carbocycles. The molecule has 1 N–H and O–H groups in total. The summed E-state index contributed by atoms with van der Waals surface area (Å²) in [6.45, 7) is 7.87. The van der Waals surface area contributed by atoms with Crippen molar-refractivity contribution in [2.75, 3.05) is 12.4 Å². The van der Waals surface area contributed by atoms with Gasteiger partial charge in [-0.1, -0.05) is 23.4 Å². The molecule has 0 spiro atoms. The lowest BCUT2D eigenvalue weighted by Crippen LogP contribution is -2.23. The molecule has 0 aliphatic heterocycles. The van der Waals surface area contributed by atoms with E-state index in [1.54, 1.807) is 36.6 Å². The largest absolute Gasteiger partial charge is 0.495 e. The van der Waals surface area contributed by atoms with Crippen molar-refractivity contribution in [2.45, 2.75) is 38.0 Å². The van der Waals surface area contributed by atoms with Crippen molar-refractivity contribution in [2.24, 2.45) is 0 Å². The molecule has 5 nitrogen and oxygen atoms in total. The van der Waals surface area contributed by atoms with Crippen LogP contribution in [0.3, 0.4) is 0 Å². The maximum absolute atomic E-state index is 12.7. The highest BCUT2D eigenvalue weighted by Gasteiger charge is 2.21. The van der Waals surface area contributed by atoms with Crippen molar-refractivity contribution in [3.8, 4) is 5.75 Å². The summed E-state index contributed by atoms with van der Waals surface area (Å²) in [5.74, 6) is 1.12. The van der Waals surface area contributed by atoms with E-state index in [1.807, 2.05) is 13.8 Å². The molecule has 0 saturated carbocycles. The number of aromatic nitrogens is 2. The number of thiophene rings is 1. The Kier molecular flexibility index (Phi) is 5.93. The van der Waals surface area contributed by atoms with Crippen LogP contribution in [0.5, 0.6) is 5.75 Å². The number of hydrogen-bond acceptors (Lipinski definition) is 6. The molecule has 0 aliphatic rings. The van der Waals surface area contributed by atoms with Crippen LogP contribution in [0.15, 0.2) is 23.2 Å². The fraction of sp³-hybridized carbons (Fsp3) is 0.316. The van der Waals surface area contributed by atoms with E-state index in [2.05, 4.69) is 29.1 Å². The summed E-state index contributed by atoms with van der Waals surface area (Å²) in [4.78, 5) is 24.0. The van der Waals surface area contributed by atoms with Crippen LogP contribution in [-0.4, -0.2) is 28.2 Å². The minimum absolute atomic E-state index is 0.144. The maximum Gasteiger partial charge on any atom is 0.237 e. The van der Waals surface area contributed by atoms with Crippen molar-refractivity contribution in [3.05, 3.63) is 39.5 Å². The molecule has 27 heavy (non-hydrogen) atoms. The van der Waals surface area contributed by atoms with Crippen LogP contribution in [-0.2, 0) is 4.79 Å². The Balaban J connectivity index is 1.85. The number of nitrogens with zero attached hydrogens (tertiary/aromatic N) is 2. The summed E-state index contributed by atoms with van der Waals surface area (Å²) in [6, 6.07) is 5.12. The van der Waals surface area contributed by atoms with Gasteiger partial charge in [-0.2, -0.15) is 0 Å². The van der Waals surface area contributed by atoms with Crippen LogP contribution in [0.4, 0.5) is 5.69 Å². The molecule has 3 aromatic rings. The predicted molar refractivity (Wildman–Crippen MR) is 114 cm³/mol. The Morgan fingerprint density at radius 3 is 2.74 bits per heavy atom. The van der Waals surface area contributed by atoms with Gasteiger partial charge in [0.25, 0.3) is 0 Å². The number of rotatable bonds is 5. The molecular formula is C19H20ClN3O2S2. The first-order valence-corrected chi connectivity index (χ1v) is 10.4. The van der Waals surface area contributed by atoms with Gasteiger partial charge < -0.3 is 10.1 Å². The molecule has 1 unspecified atom stereocenters. The smallest absolute Gasteiger partial charge is 0.237 e. The zero-order valence-corrected chi connectivity index (χ0v) is 18.1. The van der Waals surface area contributed by atoms with Crippen LogP contribution in [0, 0.1) is 20.8 Å². The number of fused-ring (bicyclic) bond motifs is 1. The molecule has 0 radical (unpaired) electrons. The fourth-order valence-corrected chi connectivity index (χ4v) is 5.00. The Labute approximate surface area is 171 Å². The number of thioether (sulfide) groups is 1. The minimum atomic E-state index is -0.356. The van der Waals surface area contributed by atoms with Gasteiger partial charge in [0.1, 0.15) is 21.4 Å². The Bertz CT molecular complexity index is 1020. The van der Waals surface area contributed by atoms with E-state index < -0.39 is 0 Å². The molecule has 2 aromatic heterocycles. The van der Waals surface area contributed by atoms with Crippen LogP contribution < -0.4 is 10.1 Å². The third kappa shape index (κ3) is 4.20. The molecule has 2 heterocycles. The van der Waals surface area contributed by atoms with Crippen molar-refractivity contribution < 1.29 is 9.53 Å². The Morgan fingerprint density at radius 2 is 2.04 bits per heavy atom. The Morgan fingerprint density at radius 1 is 1.30 bits per heavy atom. The lowest BCUT2D eigenvalue weighted by atomic mass is 10.2. The van der Waals surface area contributed by atoms with Crippen molar-refractivity contribution >= 4 is 56.5 Å². The third-order valence-electron chi connectivity index (χ3n) is 4.18. The van der Waals surface area contributed by atoms with Crippen LogP contribution in [0.1, 0.15) is 23.2 Å². The van der Waals surface area contributed by atoms with E-state index in [4.69, 9.17) is 16.3 Å². The second kappa shape index (κ2) is 8.04. The van der Waals surface area contributed by atoms with Crippen LogP contribution >= 0.6 is 34.7 Å². The first-order valence-electron chi connectivity index (χ1n) is 8.35. The predicted octanol–water partition coefficient (Wildman–Crippen LogP) is 5.40. The number of anilines is 1. The van der Waals surface area contributed by atoms with Gasteiger partial charge in [0, 0.05) is 15.3 Å². The van der Waals surface area contributed by atoms with Gasteiger partial charge >= 0.3 is 0 Å². The summed E-state index contributed by atoms with van der Waals surface area (Å²) in [6.07, 6.45) is 0. The van der Waals surface area contributed by atoms with E-state index in [0.717, 1.165) is 15.2 Å². The second-order valence-electron chi connectivity index (χ2n) is 6.13. The summed E-state index contributed by atoms with van der Waals surface area (Å²) in [7, 11) is 1.55. The van der Waals surface area contributed by atoms with Gasteiger partial charge in [-0.3, -0.25) is 4.79 Å². The molecule has 1 amide bonds. The van der Waals surface area contributed by atoms with Gasteiger partial charge in [0.2, 0.25) is 5.91 Å². The van der Waals surface area contributed by atoms with Crippen molar-refractivity contribution in [3.63, 3.8) is 0 Å². The van der Waals surface area contributed by atoms with E-state index in [0.29, 0.717) is 22.3 Å². The van der Waals surface area contributed by atoms with E-state index >= 15 is 0 Å². The molecule has 3 rings (SSSR count). The Hall–Kier alpha value is -1.83. The molecule has 0 bridgehead atoms. The zero-order valence-electron chi connectivity index (χ0n) is 15.7. The van der Waals surface area contributed by atoms with Gasteiger partial charge in [-0.25, -0.2) is 9.97 Å². The molecule has 0 aliphatic carbocycles. The topological polar surface area (TPSA) is 64.1 Å². The zero-order chi connectivity index (χ0) is 19.7. The summed E-state index contributed by atoms with van der Waals surface area (Å²) < 4.78 is 5.29. The maximum atomic E-state index is 12.7. The van der Waals surface area contributed by atoms with Gasteiger partial charge in [0.15, 0.2) is 0 Å². The fourth-order valence-electron chi connectivity index (χ4n) is 2.63. The minimum Gasteiger partial charge on any atom is -0.495 e. The van der Waals surface area contributed by atoms with Crippen LogP contribution in [0.2, 0.25) is 5.02 Å². The summed E-state index contributed by atoms with van der Waals surface area (Å²) in [5.41, 5.74) is 1.72. The van der Waals surface area contributed by atoms with Crippen molar-refractivity contribution in [1.82, 2.24) is 9.97 Å². The average molecular weight is 422 g/mol. The SMILES string of the molecule is COc1ccc(Cl)cc1NC(=O)C(C)Sc1nc(C)nc2sc(C)c(C)c12. The normalized spacial score (nSPS) is 12.2. The van der Waals surface area contributed by atoms with Gasteiger partial charge in [-0.15, -0.1) is 11.3 Å². The summed E-state index contributed by atoms with van der Waals surface area (Å²) in [5, 5.41) is 4.94. The quantitative estimate of drug-likeness (QED) is 0.441. The molecule has 8 heteroatoms. The van der Waals surface area contributed by atoms with E-state index in [-0.39, 0.29) is 11.2 Å². The van der Waals surface area contributed by atoms with Gasteiger partial charge in [-0.05, 0) is 51.5 Å². The summed E-state index contributed by atoms with van der Waals surface area (Å²) >= 11 is 9.13. The number of amides is 1. The highest BCUT2D eigenvalue weighted by atomic mass is 35.5. The lowest BCUT2D eigenvalue weighted by molar-refractivity contribution is -0.115. The number of hydrogen-bond donors (Lipinski definition) is 1. The molecule has 1 atom stereocenters. The monoisotopic (exact) mass is 421 g/mol. The molecule has 142 valence electrons. The lowest BCUT2D eigenvalue weighted by Gasteiger charge is -2.15. The average Bonchev–Trinajstić information content (AvgIpc) is 2.89. The highest BCUT2D eigenvalue weighted by Crippen LogP contribution is 2.37. The standard InChI is InChI=1S/C19H20ClN3O2S2/c1-9-10(2)26-18-16(9)19(22-12(4)21-18)27-11(3)17(24)23-14-8-13(20)6-7-15(14)25-5/h6-8,11H,1-5H3,(H,23,24). The molecule has 0 saturated heterocycles. The van der Waals surface area contributed by atoms with Gasteiger partial charge in [0.05, 0.1) is 18.0 Å². The number of halogens is 1. The second-order valence-corrected chi connectivity index (χ2v) is 9.10. The van der Waals surface area contributed by atoms with E-state index in [1.165, 1.54) is 22.2 Å². The number of ether oxygens (including phenoxy) is 1. The third-order valence-corrected chi connectivity index (χ3v) is 6.61. The highest BCUT2D eigenvalue weighted by molar-refractivity contribution is 8.00. The number of carbonyl (C=O) groups is 1. The number of benzene rings is 1. The number of methoxy groups -OCH3 is 1. The molecule has 0 fully saturated rings.